The van der Waals surface area contributed by atoms with Gasteiger partial charge < -0.3 is 9.84 Å². The third-order valence-electron chi connectivity index (χ3n) is 4.85. The molecule has 1 N–H and O–H groups in total. The van der Waals surface area contributed by atoms with Crippen molar-refractivity contribution in [3.8, 4) is 0 Å². The van der Waals surface area contributed by atoms with E-state index in [2.05, 4.69) is 0 Å². The van der Waals surface area contributed by atoms with E-state index in [1.54, 1.807) is 7.11 Å². The van der Waals surface area contributed by atoms with E-state index in [9.17, 15) is 9.90 Å². The highest BCUT2D eigenvalue weighted by Crippen LogP contribution is 2.87. The predicted molar refractivity (Wildman–Crippen MR) is 62.5 cm³/mol. The van der Waals surface area contributed by atoms with Gasteiger partial charge in [0.25, 0.3) is 0 Å². The van der Waals surface area contributed by atoms with Gasteiger partial charge in [-0.05, 0) is 25.3 Å². The van der Waals surface area contributed by atoms with Crippen LogP contribution in [0.25, 0.3) is 0 Å². The van der Waals surface area contributed by atoms with Crippen LogP contribution in [0.3, 0.4) is 0 Å². The molecule has 1 aromatic rings. The average Bonchev–Trinajstić information content (AvgIpc) is 3.18. The molecule has 0 aromatic heterocycles. The van der Waals surface area contributed by atoms with Crippen LogP contribution in [0.4, 0.5) is 0 Å². The Morgan fingerprint density at radius 2 is 1.94 bits per heavy atom. The summed E-state index contributed by atoms with van der Waals surface area (Å²) in [4.78, 5) is 11.3. The fraction of sp³-hybridized carbons (Fsp3) is 0.500. The number of ether oxygens (including phenoxy) is 1. The molecule has 2 fully saturated rings. The summed E-state index contributed by atoms with van der Waals surface area (Å²) in [5.41, 5.74) is -0.0604. The minimum atomic E-state index is -0.702. The van der Waals surface area contributed by atoms with Crippen LogP contribution >= 0.6 is 0 Å². The maximum atomic E-state index is 11.3. The van der Waals surface area contributed by atoms with E-state index in [1.165, 1.54) is 0 Å². The van der Waals surface area contributed by atoms with Crippen LogP contribution in [0.5, 0.6) is 0 Å². The molecule has 0 heterocycles. The second-order valence-electron chi connectivity index (χ2n) is 5.47. The van der Waals surface area contributed by atoms with E-state index >= 15 is 0 Å². The lowest BCUT2D eigenvalue weighted by atomic mass is 9.98. The van der Waals surface area contributed by atoms with Crippen LogP contribution in [-0.2, 0) is 15.1 Å². The molecule has 3 atom stereocenters. The van der Waals surface area contributed by atoms with E-state index in [-0.39, 0.29) is 11.0 Å². The van der Waals surface area contributed by atoms with Crippen LogP contribution in [0.2, 0.25) is 0 Å². The summed E-state index contributed by atoms with van der Waals surface area (Å²) in [5, 5.41) is 9.31. The lowest BCUT2D eigenvalue weighted by Gasteiger charge is -2.17. The van der Waals surface area contributed by atoms with Crippen molar-refractivity contribution >= 4 is 5.97 Å². The fourth-order valence-electron chi connectivity index (χ4n) is 3.54. The van der Waals surface area contributed by atoms with Gasteiger partial charge in [-0.2, -0.15) is 0 Å². The number of aliphatic carboxylic acids is 1. The zero-order valence-electron chi connectivity index (χ0n) is 10.1. The zero-order valence-corrected chi connectivity index (χ0v) is 10.1. The Morgan fingerprint density at radius 3 is 2.41 bits per heavy atom. The van der Waals surface area contributed by atoms with Crippen molar-refractivity contribution in [2.24, 2.45) is 10.8 Å². The molecule has 2 aliphatic carbocycles. The number of hydrogen-bond acceptors (Lipinski definition) is 2. The maximum Gasteiger partial charge on any atom is 0.310 e. The molecule has 0 unspecified atom stereocenters. The molecular weight excluding hydrogens is 216 g/mol. The molecule has 0 amide bonds. The predicted octanol–water partition coefficient (Wildman–Crippen LogP) is 2.41. The molecule has 3 heteroatoms. The van der Waals surface area contributed by atoms with Crippen LogP contribution < -0.4 is 0 Å². The third kappa shape index (κ3) is 1.03. The Bertz CT molecular complexity index is 484. The number of carbonyl (C=O) groups is 1. The van der Waals surface area contributed by atoms with Crippen LogP contribution in [0, 0.1) is 10.8 Å². The van der Waals surface area contributed by atoms with E-state index < -0.39 is 11.4 Å². The quantitative estimate of drug-likeness (QED) is 0.870. The fourth-order valence-corrected chi connectivity index (χ4v) is 3.54. The van der Waals surface area contributed by atoms with Crippen molar-refractivity contribution in [1.82, 2.24) is 0 Å². The molecule has 3 rings (SSSR count). The van der Waals surface area contributed by atoms with Gasteiger partial charge in [0.05, 0.1) is 5.41 Å². The Labute approximate surface area is 100 Å². The Balaban J connectivity index is 1.99. The van der Waals surface area contributed by atoms with Crippen molar-refractivity contribution in [2.45, 2.75) is 25.4 Å². The number of methoxy groups -OCH3 is 1. The number of rotatable bonds is 3. The standard InChI is InChI=1S/C14H16O3/c1-12(11(15)16)8-13(12)9-14(13,17-2)10-6-4-3-5-7-10/h3-7H,8-9H2,1-2H3,(H,15,16)/t12-,13+,14-/m0/s1. The van der Waals surface area contributed by atoms with Crippen molar-refractivity contribution in [2.75, 3.05) is 7.11 Å². The molecule has 0 aliphatic heterocycles. The molecule has 90 valence electrons. The highest BCUT2D eigenvalue weighted by atomic mass is 16.5. The summed E-state index contributed by atoms with van der Waals surface area (Å²) in [7, 11) is 1.68. The Hall–Kier alpha value is -1.35. The van der Waals surface area contributed by atoms with Gasteiger partial charge in [-0.25, -0.2) is 0 Å². The molecule has 3 nitrogen and oxygen atoms in total. The number of hydrogen-bond donors (Lipinski definition) is 1. The van der Waals surface area contributed by atoms with Crippen molar-refractivity contribution in [1.29, 1.82) is 0 Å². The molecule has 0 saturated heterocycles. The first-order valence-electron chi connectivity index (χ1n) is 5.87. The van der Waals surface area contributed by atoms with E-state index in [1.807, 2.05) is 37.3 Å². The molecular formula is C14H16O3. The Morgan fingerprint density at radius 1 is 1.29 bits per heavy atom. The van der Waals surface area contributed by atoms with Crippen LogP contribution in [-0.4, -0.2) is 18.2 Å². The molecule has 0 radical (unpaired) electrons. The molecule has 1 spiro atoms. The van der Waals surface area contributed by atoms with Crippen molar-refractivity contribution < 1.29 is 14.6 Å². The average molecular weight is 232 g/mol. The smallest absolute Gasteiger partial charge is 0.310 e. The lowest BCUT2D eigenvalue weighted by Crippen LogP contribution is -2.21. The van der Waals surface area contributed by atoms with Gasteiger partial charge in [-0.15, -0.1) is 0 Å². The van der Waals surface area contributed by atoms with Crippen molar-refractivity contribution in [3.05, 3.63) is 35.9 Å². The molecule has 1 aromatic carbocycles. The van der Waals surface area contributed by atoms with Gasteiger partial charge in [0.15, 0.2) is 0 Å². The lowest BCUT2D eigenvalue weighted by molar-refractivity contribution is -0.144. The summed E-state index contributed by atoms with van der Waals surface area (Å²) in [6.07, 6.45) is 1.54. The molecule has 17 heavy (non-hydrogen) atoms. The highest BCUT2D eigenvalue weighted by Gasteiger charge is 2.89. The van der Waals surface area contributed by atoms with Gasteiger partial charge in [0, 0.05) is 12.5 Å². The van der Waals surface area contributed by atoms with Crippen LogP contribution in [0.1, 0.15) is 25.3 Å². The largest absolute Gasteiger partial charge is 0.481 e. The first-order valence-corrected chi connectivity index (χ1v) is 5.87. The third-order valence-corrected chi connectivity index (χ3v) is 4.85. The normalized spacial score (nSPS) is 42.5. The minimum Gasteiger partial charge on any atom is -0.481 e. The van der Waals surface area contributed by atoms with E-state index in [0.29, 0.717) is 0 Å². The van der Waals surface area contributed by atoms with Gasteiger partial charge in [-0.1, -0.05) is 30.3 Å². The zero-order chi connectivity index (χ0) is 12.3. The maximum absolute atomic E-state index is 11.3. The first-order chi connectivity index (χ1) is 8.02. The number of carboxylic acid groups (broad SMARTS) is 1. The topological polar surface area (TPSA) is 46.5 Å². The summed E-state index contributed by atoms with van der Waals surface area (Å²) >= 11 is 0. The van der Waals surface area contributed by atoms with Crippen LogP contribution in [0.15, 0.2) is 30.3 Å². The van der Waals surface area contributed by atoms with Gasteiger partial charge in [-0.3, -0.25) is 4.79 Å². The van der Waals surface area contributed by atoms with Gasteiger partial charge >= 0.3 is 5.97 Å². The molecule has 2 saturated carbocycles. The highest BCUT2D eigenvalue weighted by molar-refractivity contribution is 5.82. The summed E-state index contributed by atoms with van der Waals surface area (Å²) in [5.74, 6) is -0.702. The van der Waals surface area contributed by atoms with Gasteiger partial charge in [0.1, 0.15) is 5.60 Å². The first kappa shape index (κ1) is 10.8. The van der Waals surface area contributed by atoms with Crippen molar-refractivity contribution in [3.63, 3.8) is 0 Å². The van der Waals surface area contributed by atoms with Gasteiger partial charge in [0.2, 0.25) is 0 Å². The van der Waals surface area contributed by atoms with E-state index in [0.717, 1.165) is 18.4 Å². The monoisotopic (exact) mass is 232 g/mol. The number of carboxylic acids is 1. The second-order valence-corrected chi connectivity index (χ2v) is 5.47. The summed E-state index contributed by atoms with van der Waals surface area (Å²) in [6.45, 7) is 1.83. The summed E-state index contributed by atoms with van der Waals surface area (Å²) < 4.78 is 5.69. The number of benzene rings is 1. The SMILES string of the molecule is CO[C@]1(c2ccccc2)C[C@@]12C[C@@]2(C)C(=O)O. The van der Waals surface area contributed by atoms with E-state index in [4.69, 9.17) is 4.74 Å². The molecule has 2 aliphatic rings. The summed E-state index contributed by atoms with van der Waals surface area (Å²) in [6, 6.07) is 9.97. The Kier molecular flexibility index (Phi) is 1.84. The molecule has 0 bridgehead atoms. The minimum absolute atomic E-state index is 0.179. The second kappa shape index (κ2) is 2.91.